The Morgan fingerprint density at radius 3 is 2.18 bits per heavy atom. The van der Waals surface area contributed by atoms with Gasteiger partial charge in [0.05, 0.1) is 6.61 Å². The maximum atomic E-state index is 5.83. The van der Waals surface area contributed by atoms with E-state index in [0.717, 1.165) is 38.4 Å². The Morgan fingerprint density at radius 1 is 1.00 bits per heavy atom. The third-order valence-electron chi connectivity index (χ3n) is 2.81. The number of hydrogen-bond donors (Lipinski definition) is 0. The smallest absolute Gasteiger partial charge is 0.125 e. The van der Waals surface area contributed by atoms with Gasteiger partial charge in [-0.05, 0) is 43.9 Å². The fourth-order valence-electron chi connectivity index (χ4n) is 1.95. The molecule has 0 radical (unpaired) electrons. The number of benzene rings is 1. The molecule has 0 unspecified atom stereocenters. The zero-order valence-corrected chi connectivity index (χ0v) is 11.5. The molecular formula is C15H24O2. The summed E-state index contributed by atoms with van der Waals surface area (Å²) in [5.41, 5.74) is 3.85. The van der Waals surface area contributed by atoms with Crippen LogP contribution < -0.4 is 4.74 Å². The molecule has 0 fully saturated rings. The van der Waals surface area contributed by atoms with E-state index in [0.29, 0.717) is 0 Å². The van der Waals surface area contributed by atoms with E-state index in [2.05, 4.69) is 32.9 Å². The van der Waals surface area contributed by atoms with Gasteiger partial charge in [-0.3, -0.25) is 0 Å². The first-order valence-electron chi connectivity index (χ1n) is 6.49. The molecule has 1 aromatic carbocycles. The molecule has 96 valence electrons. The van der Waals surface area contributed by atoms with Crippen molar-refractivity contribution in [3.8, 4) is 5.75 Å². The highest BCUT2D eigenvalue weighted by Crippen LogP contribution is 2.25. The molecule has 0 heterocycles. The summed E-state index contributed by atoms with van der Waals surface area (Å²) >= 11 is 0. The van der Waals surface area contributed by atoms with Gasteiger partial charge in [0.25, 0.3) is 0 Å². The highest BCUT2D eigenvalue weighted by molar-refractivity contribution is 5.43. The van der Waals surface area contributed by atoms with Crippen molar-refractivity contribution in [2.45, 2.75) is 40.5 Å². The van der Waals surface area contributed by atoms with Gasteiger partial charge in [0.15, 0.2) is 0 Å². The molecule has 2 heteroatoms. The van der Waals surface area contributed by atoms with Gasteiger partial charge in [0.1, 0.15) is 5.75 Å². The maximum Gasteiger partial charge on any atom is 0.125 e. The van der Waals surface area contributed by atoms with Gasteiger partial charge >= 0.3 is 0 Å². The molecule has 2 nitrogen and oxygen atoms in total. The van der Waals surface area contributed by atoms with Crippen LogP contribution in [0.1, 0.15) is 37.0 Å². The van der Waals surface area contributed by atoms with Crippen LogP contribution in [0.2, 0.25) is 0 Å². The Bertz CT molecular complexity index is 322. The molecule has 0 bridgehead atoms. The van der Waals surface area contributed by atoms with Gasteiger partial charge in [-0.1, -0.05) is 19.1 Å². The van der Waals surface area contributed by atoms with E-state index in [4.69, 9.17) is 9.47 Å². The van der Waals surface area contributed by atoms with Crippen LogP contribution in [-0.2, 0) is 11.2 Å². The fraction of sp³-hybridized carbons (Fsp3) is 0.600. The molecule has 0 aliphatic carbocycles. The first-order chi connectivity index (χ1) is 8.19. The predicted molar refractivity (Wildman–Crippen MR) is 71.9 cm³/mol. The highest BCUT2D eigenvalue weighted by atomic mass is 16.5. The quantitative estimate of drug-likeness (QED) is 0.672. The maximum absolute atomic E-state index is 5.83. The minimum absolute atomic E-state index is 0.729. The second-order valence-electron chi connectivity index (χ2n) is 4.31. The molecule has 0 aliphatic heterocycles. The first kappa shape index (κ1) is 14.0. The molecule has 1 rings (SSSR count). The number of rotatable bonds is 7. The zero-order valence-electron chi connectivity index (χ0n) is 11.5. The van der Waals surface area contributed by atoms with Crippen LogP contribution in [0.15, 0.2) is 12.1 Å². The van der Waals surface area contributed by atoms with Crippen molar-refractivity contribution in [2.24, 2.45) is 0 Å². The van der Waals surface area contributed by atoms with Crippen molar-refractivity contribution in [1.29, 1.82) is 0 Å². The van der Waals surface area contributed by atoms with Crippen LogP contribution in [0, 0.1) is 13.8 Å². The molecule has 17 heavy (non-hydrogen) atoms. The fourth-order valence-corrected chi connectivity index (χ4v) is 1.95. The molecule has 0 aromatic heterocycles. The minimum atomic E-state index is 0.729. The van der Waals surface area contributed by atoms with E-state index < -0.39 is 0 Å². The molecule has 0 saturated carbocycles. The van der Waals surface area contributed by atoms with Crippen molar-refractivity contribution >= 4 is 0 Å². The average molecular weight is 236 g/mol. The van der Waals surface area contributed by atoms with Crippen molar-refractivity contribution in [3.05, 3.63) is 28.8 Å². The molecule has 0 amide bonds. The summed E-state index contributed by atoms with van der Waals surface area (Å²) in [7, 11) is 0. The van der Waals surface area contributed by atoms with Crippen molar-refractivity contribution < 1.29 is 9.47 Å². The summed E-state index contributed by atoms with van der Waals surface area (Å²) in [6.45, 7) is 10.7. The molecule has 0 saturated heterocycles. The van der Waals surface area contributed by atoms with E-state index in [1.807, 2.05) is 6.92 Å². The van der Waals surface area contributed by atoms with Gasteiger partial charge < -0.3 is 9.47 Å². The standard InChI is InChI=1S/C15H24O2/c1-5-14-10-12(3)15(13(4)11-14)17-9-7-8-16-6-2/h10-11H,5-9H2,1-4H3. The normalized spacial score (nSPS) is 10.6. The van der Waals surface area contributed by atoms with Crippen molar-refractivity contribution in [3.63, 3.8) is 0 Å². The Balaban J connectivity index is 2.53. The van der Waals surface area contributed by atoms with Crippen LogP contribution >= 0.6 is 0 Å². The molecule has 1 aromatic rings. The van der Waals surface area contributed by atoms with Gasteiger partial charge in [0.2, 0.25) is 0 Å². The van der Waals surface area contributed by atoms with Crippen LogP contribution in [0.5, 0.6) is 5.75 Å². The average Bonchev–Trinajstić information content (AvgIpc) is 2.31. The molecule has 0 aliphatic rings. The Hall–Kier alpha value is -1.02. The zero-order chi connectivity index (χ0) is 12.7. The highest BCUT2D eigenvalue weighted by Gasteiger charge is 2.05. The second-order valence-corrected chi connectivity index (χ2v) is 4.31. The van der Waals surface area contributed by atoms with Gasteiger partial charge in [0, 0.05) is 19.6 Å². The predicted octanol–water partition coefficient (Wildman–Crippen LogP) is 3.67. The Morgan fingerprint density at radius 2 is 1.65 bits per heavy atom. The van der Waals surface area contributed by atoms with E-state index in [-0.39, 0.29) is 0 Å². The molecular weight excluding hydrogens is 212 g/mol. The second kappa shape index (κ2) is 7.33. The summed E-state index contributed by atoms with van der Waals surface area (Å²) < 4.78 is 11.1. The van der Waals surface area contributed by atoms with E-state index in [9.17, 15) is 0 Å². The Kier molecular flexibility index (Phi) is 6.06. The van der Waals surface area contributed by atoms with Crippen molar-refractivity contribution in [2.75, 3.05) is 19.8 Å². The van der Waals surface area contributed by atoms with Gasteiger partial charge in [-0.15, -0.1) is 0 Å². The van der Waals surface area contributed by atoms with Crippen LogP contribution in [0.25, 0.3) is 0 Å². The third-order valence-corrected chi connectivity index (χ3v) is 2.81. The number of hydrogen-bond acceptors (Lipinski definition) is 2. The van der Waals surface area contributed by atoms with Crippen molar-refractivity contribution in [1.82, 2.24) is 0 Å². The monoisotopic (exact) mass is 236 g/mol. The lowest BCUT2D eigenvalue weighted by atomic mass is 10.0. The van der Waals surface area contributed by atoms with Crippen LogP contribution in [0.3, 0.4) is 0 Å². The summed E-state index contributed by atoms with van der Waals surface area (Å²) in [6.07, 6.45) is 2.02. The van der Waals surface area contributed by atoms with Crippen LogP contribution in [-0.4, -0.2) is 19.8 Å². The minimum Gasteiger partial charge on any atom is -0.493 e. The summed E-state index contributed by atoms with van der Waals surface area (Å²) in [5, 5.41) is 0. The summed E-state index contributed by atoms with van der Waals surface area (Å²) in [4.78, 5) is 0. The molecule has 0 N–H and O–H groups in total. The van der Waals surface area contributed by atoms with Gasteiger partial charge in [-0.2, -0.15) is 0 Å². The lowest BCUT2D eigenvalue weighted by Crippen LogP contribution is -2.05. The third kappa shape index (κ3) is 4.39. The topological polar surface area (TPSA) is 18.5 Å². The SMILES string of the molecule is CCOCCCOc1c(C)cc(CC)cc1C. The number of aryl methyl sites for hydroxylation is 3. The summed E-state index contributed by atoms with van der Waals surface area (Å²) in [6, 6.07) is 4.43. The van der Waals surface area contributed by atoms with E-state index in [1.54, 1.807) is 0 Å². The molecule has 0 atom stereocenters. The molecule has 0 spiro atoms. The van der Waals surface area contributed by atoms with Gasteiger partial charge in [-0.25, -0.2) is 0 Å². The van der Waals surface area contributed by atoms with E-state index in [1.165, 1.54) is 16.7 Å². The Labute approximate surface area is 105 Å². The largest absolute Gasteiger partial charge is 0.493 e. The first-order valence-corrected chi connectivity index (χ1v) is 6.49. The number of ether oxygens (including phenoxy) is 2. The van der Waals surface area contributed by atoms with Crippen LogP contribution in [0.4, 0.5) is 0 Å². The lowest BCUT2D eigenvalue weighted by Gasteiger charge is -2.13. The lowest BCUT2D eigenvalue weighted by molar-refractivity contribution is 0.130. The summed E-state index contributed by atoms with van der Waals surface area (Å²) in [5.74, 6) is 1.04. The van der Waals surface area contributed by atoms with E-state index >= 15 is 0 Å².